The summed E-state index contributed by atoms with van der Waals surface area (Å²) in [6.45, 7) is 8.64. The molecule has 0 aliphatic carbocycles. The summed E-state index contributed by atoms with van der Waals surface area (Å²) < 4.78 is 35.0. The number of hydrogen-bond acceptors (Lipinski definition) is 4. The van der Waals surface area contributed by atoms with Crippen molar-refractivity contribution in [1.29, 1.82) is 0 Å². The molecular formula is C24H31F2N3O. The molecule has 1 aliphatic heterocycles. The first-order chi connectivity index (χ1) is 14.2. The molecule has 162 valence electrons. The van der Waals surface area contributed by atoms with E-state index in [0.29, 0.717) is 23.8 Å². The number of rotatable bonds is 7. The van der Waals surface area contributed by atoms with Gasteiger partial charge in [-0.15, -0.1) is 0 Å². The van der Waals surface area contributed by atoms with E-state index in [2.05, 4.69) is 15.6 Å². The molecule has 0 radical (unpaired) electrons. The lowest BCUT2D eigenvalue weighted by molar-refractivity contribution is 0.186. The Kier molecular flexibility index (Phi) is 6.76. The molecule has 6 heteroatoms. The quantitative estimate of drug-likeness (QED) is 0.651. The zero-order valence-electron chi connectivity index (χ0n) is 18.4. The maximum Gasteiger partial charge on any atom is 0.131 e. The number of ether oxygens (including phenoxy) is 1. The fraction of sp³-hybridized carbons (Fsp3) is 0.458. The molecule has 1 aliphatic rings. The standard InChI is InChI=1S/C24H31F2N3O/c1-15(29-18-11-17(28-14-18)7-9-30-5)19-12-22(26)20(13-21(19)25)16-6-8-27-23(10-16)24(2,3)4/h6,8,10,12-15,17,28-29H,7,9,11H2,1-5H3/t15?,17-/m1/s1. The number of halogens is 2. The largest absolute Gasteiger partial charge is 0.386 e. The molecule has 30 heavy (non-hydrogen) atoms. The summed E-state index contributed by atoms with van der Waals surface area (Å²) in [5, 5.41) is 6.59. The van der Waals surface area contributed by atoms with Gasteiger partial charge in [0.1, 0.15) is 11.6 Å². The van der Waals surface area contributed by atoms with Gasteiger partial charge in [0.25, 0.3) is 0 Å². The molecule has 0 amide bonds. The molecule has 2 aromatic rings. The van der Waals surface area contributed by atoms with Crippen LogP contribution >= 0.6 is 0 Å². The summed E-state index contributed by atoms with van der Waals surface area (Å²) >= 11 is 0. The number of nitrogens with one attached hydrogen (secondary N) is 2. The van der Waals surface area contributed by atoms with Gasteiger partial charge in [-0.3, -0.25) is 4.98 Å². The van der Waals surface area contributed by atoms with Gasteiger partial charge in [0.05, 0.1) is 6.04 Å². The molecule has 0 fully saturated rings. The zero-order chi connectivity index (χ0) is 21.9. The Hall–Kier alpha value is -2.47. The van der Waals surface area contributed by atoms with Crippen LogP contribution in [0.5, 0.6) is 0 Å². The van der Waals surface area contributed by atoms with Crippen LogP contribution in [0.2, 0.25) is 0 Å². The second-order valence-corrected chi connectivity index (χ2v) is 8.92. The summed E-state index contributed by atoms with van der Waals surface area (Å²) in [4.78, 5) is 4.37. The van der Waals surface area contributed by atoms with Gasteiger partial charge in [-0.2, -0.15) is 0 Å². The first-order valence-electron chi connectivity index (χ1n) is 10.4. The van der Waals surface area contributed by atoms with E-state index < -0.39 is 11.6 Å². The smallest absolute Gasteiger partial charge is 0.131 e. The van der Waals surface area contributed by atoms with Gasteiger partial charge in [-0.05, 0) is 43.2 Å². The van der Waals surface area contributed by atoms with E-state index in [1.54, 1.807) is 19.4 Å². The molecule has 2 atom stereocenters. The van der Waals surface area contributed by atoms with E-state index >= 15 is 0 Å². The average Bonchev–Trinajstić information content (AvgIpc) is 3.14. The Bertz CT molecular complexity index is 921. The predicted molar refractivity (Wildman–Crippen MR) is 116 cm³/mol. The van der Waals surface area contributed by atoms with E-state index in [1.165, 1.54) is 12.1 Å². The second kappa shape index (κ2) is 9.13. The van der Waals surface area contributed by atoms with Gasteiger partial charge in [0.2, 0.25) is 0 Å². The van der Waals surface area contributed by atoms with Crippen LogP contribution in [0.3, 0.4) is 0 Å². The highest BCUT2D eigenvalue weighted by Crippen LogP contribution is 2.31. The number of methoxy groups -OCH3 is 1. The molecule has 1 unspecified atom stereocenters. The Labute approximate surface area is 177 Å². The summed E-state index contributed by atoms with van der Waals surface area (Å²) in [5.74, 6) is -0.870. The van der Waals surface area contributed by atoms with Gasteiger partial charge < -0.3 is 15.4 Å². The van der Waals surface area contributed by atoms with Crippen LogP contribution in [0.25, 0.3) is 11.1 Å². The normalized spacial score (nSPS) is 17.4. The summed E-state index contributed by atoms with van der Waals surface area (Å²) in [6, 6.07) is 6.06. The number of hydrogen-bond donors (Lipinski definition) is 2. The van der Waals surface area contributed by atoms with E-state index in [1.807, 2.05) is 40.0 Å². The number of nitrogens with zero attached hydrogens (tertiary/aromatic N) is 1. The third-order valence-corrected chi connectivity index (χ3v) is 5.42. The number of benzene rings is 1. The molecule has 3 rings (SSSR count). The molecule has 0 saturated carbocycles. The van der Waals surface area contributed by atoms with Crippen molar-refractivity contribution in [3.63, 3.8) is 0 Å². The van der Waals surface area contributed by atoms with Crippen molar-refractivity contribution in [2.75, 3.05) is 13.7 Å². The van der Waals surface area contributed by atoms with Gasteiger partial charge >= 0.3 is 0 Å². The summed E-state index contributed by atoms with van der Waals surface area (Å²) in [6.07, 6.45) is 5.25. The highest BCUT2D eigenvalue weighted by atomic mass is 19.1. The molecular weight excluding hydrogens is 384 g/mol. The van der Waals surface area contributed by atoms with Crippen LogP contribution in [-0.2, 0) is 10.2 Å². The van der Waals surface area contributed by atoms with Crippen LogP contribution in [0.4, 0.5) is 8.78 Å². The van der Waals surface area contributed by atoms with Crippen LogP contribution in [0.1, 0.15) is 57.8 Å². The fourth-order valence-corrected chi connectivity index (χ4v) is 3.63. The molecule has 1 aromatic carbocycles. The summed E-state index contributed by atoms with van der Waals surface area (Å²) in [7, 11) is 1.68. The maximum atomic E-state index is 15.0. The van der Waals surface area contributed by atoms with Crippen molar-refractivity contribution >= 4 is 0 Å². The topological polar surface area (TPSA) is 46.2 Å². The van der Waals surface area contributed by atoms with Crippen molar-refractivity contribution in [3.05, 3.63) is 65.3 Å². The van der Waals surface area contributed by atoms with Crippen LogP contribution in [0, 0.1) is 11.6 Å². The van der Waals surface area contributed by atoms with E-state index in [4.69, 9.17) is 4.74 Å². The van der Waals surface area contributed by atoms with Gasteiger partial charge in [0, 0.05) is 66.5 Å². The minimum Gasteiger partial charge on any atom is -0.386 e. The zero-order valence-corrected chi connectivity index (χ0v) is 18.4. The van der Waals surface area contributed by atoms with Crippen molar-refractivity contribution in [2.24, 2.45) is 0 Å². The SMILES string of the molecule is COCC[C@@H]1CC(NC(C)c2cc(F)c(-c3ccnc(C(C)(C)C)c3)cc2F)=CN1. The van der Waals surface area contributed by atoms with Gasteiger partial charge in [-0.25, -0.2) is 8.78 Å². The fourth-order valence-electron chi connectivity index (χ4n) is 3.63. The minimum atomic E-state index is -0.442. The van der Waals surface area contributed by atoms with Crippen molar-refractivity contribution in [3.8, 4) is 11.1 Å². The molecule has 2 heterocycles. The van der Waals surface area contributed by atoms with Gasteiger partial charge in [0.15, 0.2) is 0 Å². The first-order valence-corrected chi connectivity index (χ1v) is 10.4. The second-order valence-electron chi connectivity index (χ2n) is 8.92. The third kappa shape index (κ3) is 5.17. The minimum absolute atomic E-state index is 0.173. The predicted octanol–water partition coefficient (Wildman–Crippen LogP) is 5.21. The first kappa shape index (κ1) is 22.2. The molecule has 0 spiro atoms. The molecule has 1 aromatic heterocycles. The van der Waals surface area contributed by atoms with E-state index in [0.717, 1.165) is 24.2 Å². The molecule has 0 saturated heterocycles. The number of aromatic nitrogens is 1. The van der Waals surface area contributed by atoms with Crippen molar-refractivity contribution < 1.29 is 13.5 Å². The maximum absolute atomic E-state index is 15.0. The van der Waals surface area contributed by atoms with Crippen LogP contribution in [-0.4, -0.2) is 24.7 Å². The Morgan fingerprint density at radius 1 is 1.23 bits per heavy atom. The van der Waals surface area contributed by atoms with Crippen LogP contribution in [0.15, 0.2) is 42.4 Å². The molecule has 4 nitrogen and oxygen atoms in total. The van der Waals surface area contributed by atoms with Crippen molar-refractivity contribution in [2.45, 2.75) is 58.0 Å². The highest BCUT2D eigenvalue weighted by Gasteiger charge is 2.22. The Morgan fingerprint density at radius 2 is 2.00 bits per heavy atom. The van der Waals surface area contributed by atoms with E-state index in [9.17, 15) is 8.78 Å². The molecule has 2 N–H and O–H groups in total. The Morgan fingerprint density at radius 3 is 2.70 bits per heavy atom. The highest BCUT2D eigenvalue weighted by molar-refractivity contribution is 5.65. The monoisotopic (exact) mass is 415 g/mol. The number of pyridine rings is 1. The van der Waals surface area contributed by atoms with Crippen molar-refractivity contribution in [1.82, 2.24) is 15.6 Å². The lowest BCUT2D eigenvalue weighted by Crippen LogP contribution is -2.22. The lowest BCUT2D eigenvalue weighted by atomic mass is 9.89. The van der Waals surface area contributed by atoms with Crippen LogP contribution < -0.4 is 10.6 Å². The Balaban J connectivity index is 1.77. The average molecular weight is 416 g/mol. The van der Waals surface area contributed by atoms with Gasteiger partial charge in [-0.1, -0.05) is 20.8 Å². The lowest BCUT2D eigenvalue weighted by Gasteiger charge is -2.20. The summed E-state index contributed by atoms with van der Waals surface area (Å²) in [5.41, 5.74) is 2.83. The third-order valence-electron chi connectivity index (χ3n) is 5.42. The van der Waals surface area contributed by atoms with E-state index in [-0.39, 0.29) is 17.0 Å². The molecule has 0 bridgehead atoms.